The lowest BCUT2D eigenvalue weighted by atomic mass is 10.2. The molecule has 106 valence electrons. The second kappa shape index (κ2) is 6.94. The highest BCUT2D eigenvalue weighted by Gasteiger charge is 2.39. The lowest BCUT2D eigenvalue weighted by molar-refractivity contribution is 0.175. The minimum atomic E-state index is -2.78. The third-order valence-electron chi connectivity index (χ3n) is 3.32. The number of hydrogen-bond acceptors (Lipinski definition) is 3. The number of unbranched alkanes of at least 4 members (excludes halogenated alkanes) is 1. The third kappa shape index (κ3) is 3.85. The highest BCUT2D eigenvalue weighted by atomic mass is 32.7. The van der Waals surface area contributed by atoms with Gasteiger partial charge in [0.05, 0.1) is 6.61 Å². The van der Waals surface area contributed by atoms with E-state index in [4.69, 9.17) is 4.52 Å². The van der Waals surface area contributed by atoms with E-state index in [1.165, 1.54) is 11.4 Å². The Bertz CT molecular complexity index is 440. The van der Waals surface area contributed by atoms with Crippen molar-refractivity contribution < 1.29 is 9.09 Å². The van der Waals surface area contributed by atoms with Gasteiger partial charge in [-0.15, -0.1) is 0 Å². The zero-order chi connectivity index (χ0) is 13.7. The van der Waals surface area contributed by atoms with Crippen molar-refractivity contribution in [1.29, 1.82) is 0 Å². The van der Waals surface area contributed by atoms with Crippen LogP contribution in [0.2, 0.25) is 0 Å². The lowest BCUT2D eigenvalue weighted by Gasteiger charge is -2.38. The molecule has 1 aliphatic rings. The Morgan fingerprint density at radius 1 is 1.42 bits per heavy atom. The first-order valence-electron chi connectivity index (χ1n) is 6.92. The summed E-state index contributed by atoms with van der Waals surface area (Å²) in [6.45, 7) is 2.98. The molecule has 1 aliphatic heterocycles. The van der Waals surface area contributed by atoms with E-state index in [1.807, 2.05) is 30.3 Å². The molecule has 1 heterocycles. The van der Waals surface area contributed by atoms with Crippen LogP contribution in [-0.4, -0.2) is 23.9 Å². The molecule has 0 amide bonds. The van der Waals surface area contributed by atoms with Crippen molar-refractivity contribution >= 4 is 18.1 Å². The van der Waals surface area contributed by atoms with E-state index in [1.54, 1.807) is 0 Å². The molecule has 1 aromatic carbocycles. The largest absolute Gasteiger partial charge is 0.334 e. The fourth-order valence-electron chi connectivity index (χ4n) is 2.16. The summed E-state index contributed by atoms with van der Waals surface area (Å²) >= 11 is 1.39. The molecule has 0 aromatic heterocycles. The molecule has 0 spiro atoms. The van der Waals surface area contributed by atoms with Crippen LogP contribution in [0.15, 0.2) is 35.2 Å². The molecule has 0 bridgehead atoms. The van der Waals surface area contributed by atoms with Gasteiger partial charge in [-0.2, -0.15) is 0 Å². The van der Waals surface area contributed by atoms with Crippen molar-refractivity contribution in [2.45, 2.75) is 44.0 Å². The van der Waals surface area contributed by atoms with E-state index >= 15 is 0 Å². The number of rotatable bonds is 5. The van der Waals surface area contributed by atoms with E-state index in [2.05, 4.69) is 18.5 Å². The van der Waals surface area contributed by atoms with Gasteiger partial charge in [0.15, 0.2) is 0 Å². The Labute approximate surface area is 120 Å². The van der Waals surface area contributed by atoms with Crippen LogP contribution in [-0.2, 0) is 9.09 Å². The Morgan fingerprint density at radius 3 is 2.84 bits per heavy atom. The summed E-state index contributed by atoms with van der Waals surface area (Å²) in [5, 5.41) is 0. The maximum Gasteiger partial charge on any atom is 0.334 e. The molecule has 0 N–H and O–H groups in total. The van der Waals surface area contributed by atoms with E-state index in [9.17, 15) is 4.57 Å². The molecule has 19 heavy (non-hydrogen) atoms. The van der Waals surface area contributed by atoms with Crippen LogP contribution in [0.4, 0.5) is 0 Å². The zero-order valence-electron chi connectivity index (χ0n) is 11.6. The zero-order valence-corrected chi connectivity index (χ0v) is 13.3. The monoisotopic (exact) mass is 299 g/mol. The summed E-state index contributed by atoms with van der Waals surface area (Å²) in [5.41, 5.74) is 0. The van der Waals surface area contributed by atoms with Crippen molar-refractivity contribution in [3.8, 4) is 0 Å². The summed E-state index contributed by atoms with van der Waals surface area (Å²) in [6.07, 6.45) is 3.13. The summed E-state index contributed by atoms with van der Waals surface area (Å²) in [7, 11) is 0. The second-order valence-electron chi connectivity index (χ2n) is 4.86. The average Bonchev–Trinajstić information content (AvgIpc) is 2.39. The van der Waals surface area contributed by atoms with E-state index in [0.717, 1.165) is 30.7 Å². The molecular formula is C14H22NO2PS. The summed E-state index contributed by atoms with van der Waals surface area (Å²) in [6, 6.07) is 10.2. The van der Waals surface area contributed by atoms with Gasteiger partial charge in [0, 0.05) is 17.5 Å². The van der Waals surface area contributed by atoms with Crippen LogP contribution in [0.1, 0.15) is 33.1 Å². The van der Waals surface area contributed by atoms with Crippen LogP contribution in [0.5, 0.6) is 0 Å². The van der Waals surface area contributed by atoms with Crippen LogP contribution < -0.4 is 0 Å². The smallest absolute Gasteiger partial charge is 0.309 e. The first-order valence-corrected chi connectivity index (χ1v) is 9.92. The minimum Gasteiger partial charge on any atom is -0.309 e. The Hall–Kier alpha value is -0.280. The fourth-order valence-corrected chi connectivity index (χ4v) is 6.92. The topological polar surface area (TPSA) is 29.5 Å². The van der Waals surface area contributed by atoms with Crippen molar-refractivity contribution in [1.82, 2.24) is 4.67 Å². The SMILES string of the molecule is CCCCN1C(C)CCOP1(=O)Sc1ccccc1. The molecule has 1 fully saturated rings. The highest BCUT2D eigenvalue weighted by Crippen LogP contribution is 2.67. The van der Waals surface area contributed by atoms with Gasteiger partial charge in [-0.3, -0.25) is 4.57 Å². The number of hydrogen-bond donors (Lipinski definition) is 0. The van der Waals surface area contributed by atoms with Crippen molar-refractivity contribution in [3.05, 3.63) is 30.3 Å². The van der Waals surface area contributed by atoms with E-state index in [-0.39, 0.29) is 0 Å². The van der Waals surface area contributed by atoms with E-state index in [0.29, 0.717) is 12.6 Å². The van der Waals surface area contributed by atoms with Crippen molar-refractivity contribution in [3.63, 3.8) is 0 Å². The van der Waals surface area contributed by atoms with Gasteiger partial charge in [-0.05, 0) is 43.3 Å². The first-order chi connectivity index (χ1) is 9.15. The van der Waals surface area contributed by atoms with E-state index < -0.39 is 6.72 Å². The van der Waals surface area contributed by atoms with Crippen LogP contribution >= 0.6 is 18.1 Å². The van der Waals surface area contributed by atoms with Crippen LogP contribution in [0, 0.1) is 0 Å². The Morgan fingerprint density at radius 2 is 2.16 bits per heavy atom. The van der Waals surface area contributed by atoms with Crippen molar-refractivity contribution in [2.75, 3.05) is 13.2 Å². The maximum atomic E-state index is 13.1. The predicted molar refractivity (Wildman–Crippen MR) is 81.6 cm³/mol. The van der Waals surface area contributed by atoms with Crippen LogP contribution in [0.3, 0.4) is 0 Å². The standard InChI is InChI=1S/C14H22NO2PS/c1-3-4-11-15-13(2)10-12-17-18(15,16)19-14-8-6-5-7-9-14/h5-9,13H,3-4,10-12H2,1-2H3. The third-order valence-corrected chi connectivity index (χ3v) is 8.03. The van der Waals surface area contributed by atoms with Gasteiger partial charge < -0.3 is 4.52 Å². The Balaban J connectivity index is 2.14. The van der Waals surface area contributed by atoms with Crippen LogP contribution in [0.25, 0.3) is 0 Å². The molecule has 0 saturated carbocycles. The lowest BCUT2D eigenvalue weighted by Crippen LogP contribution is -2.35. The quantitative estimate of drug-likeness (QED) is 0.731. The molecule has 2 unspecified atom stereocenters. The molecule has 1 saturated heterocycles. The highest BCUT2D eigenvalue weighted by molar-refractivity contribution is 8.55. The van der Waals surface area contributed by atoms with Gasteiger partial charge in [-0.1, -0.05) is 31.5 Å². The Kier molecular flexibility index (Phi) is 5.52. The predicted octanol–water partition coefficient (Wildman–Crippen LogP) is 4.80. The molecule has 2 rings (SSSR count). The molecule has 0 radical (unpaired) electrons. The van der Waals surface area contributed by atoms with Gasteiger partial charge >= 0.3 is 6.72 Å². The van der Waals surface area contributed by atoms with Gasteiger partial charge in [0.25, 0.3) is 0 Å². The summed E-state index contributed by atoms with van der Waals surface area (Å²) in [5.74, 6) is 0. The molecule has 0 aliphatic carbocycles. The molecule has 3 nitrogen and oxygen atoms in total. The molecule has 1 aromatic rings. The molecular weight excluding hydrogens is 277 g/mol. The molecule has 2 atom stereocenters. The normalized spacial score (nSPS) is 28.4. The molecule has 5 heteroatoms. The first kappa shape index (κ1) is 15.1. The fraction of sp³-hybridized carbons (Fsp3) is 0.571. The summed E-state index contributed by atoms with van der Waals surface area (Å²) < 4.78 is 20.9. The number of benzene rings is 1. The second-order valence-corrected chi connectivity index (χ2v) is 9.16. The van der Waals surface area contributed by atoms with Crippen molar-refractivity contribution in [2.24, 2.45) is 0 Å². The maximum absolute atomic E-state index is 13.1. The van der Waals surface area contributed by atoms with Gasteiger partial charge in [0.1, 0.15) is 0 Å². The van der Waals surface area contributed by atoms with Gasteiger partial charge in [-0.25, -0.2) is 4.67 Å². The van der Waals surface area contributed by atoms with Gasteiger partial charge in [0.2, 0.25) is 0 Å². The average molecular weight is 299 g/mol. The number of nitrogens with zero attached hydrogens (tertiary/aromatic N) is 1. The summed E-state index contributed by atoms with van der Waals surface area (Å²) in [4.78, 5) is 1.02. The minimum absolute atomic E-state index is 0.336.